The highest BCUT2D eigenvalue weighted by Crippen LogP contribution is 2.45. The van der Waals surface area contributed by atoms with Crippen LogP contribution in [-0.2, 0) is 10.0 Å². The molecule has 1 unspecified atom stereocenters. The fourth-order valence-corrected chi connectivity index (χ4v) is 4.68. The number of nitrogens with one attached hydrogen (secondary N) is 1. The van der Waals surface area contributed by atoms with Gasteiger partial charge in [0.2, 0.25) is 10.0 Å². The van der Waals surface area contributed by atoms with E-state index < -0.39 is 15.4 Å². The van der Waals surface area contributed by atoms with E-state index in [-0.39, 0.29) is 11.0 Å². The Labute approximate surface area is 134 Å². The van der Waals surface area contributed by atoms with Crippen LogP contribution >= 0.6 is 23.4 Å². The van der Waals surface area contributed by atoms with Gasteiger partial charge in [-0.05, 0) is 36.8 Å². The first-order valence-electron chi connectivity index (χ1n) is 6.57. The third-order valence-corrected chi connectivity index (χ3v) is 6.33. The molecular formula is C14H17ClN2O2S2. The Hall–Kier alpha value is -0.740. The zero-order valence-electron chi connectivity index (χ0n) is 11.7. The van der Waals surface area contributed by atoms with E-state index in [9.17, 15) is 8.42 Å². The third kappa shape index (κ3) is 4.62. The molecule has 1 aromatic rings. The second-order valence-corrected chi connectivity index (χ2v) is 8.56. The number of rotatable bonds is 7. The van der Waals surface area contributed by atoms with Gasteiger partial charge < -0.3 is 0 Å². The van der Waals surface area contributed by atoms with Crippen molar-refractivity contribution in [2.24, 2.45) is 5.41 Å². The number of halogens is 1. The molecule has 1 N–H and O–H groups in total. The van der Waals surface area contributed by atoms with Gasteiger partial charge in [0.25, 0.3) is 0 Å². The van der Waals surface area contributed by atoms with Crippen molar-refractivity contribution in [3.8, 4) is 6.07 Å². The van der Waals surface area contributed by atoms with Gasteiger partial charge in [0.05, 0.1) is 17.2 Å². The number of thioether (sulfide) groups is 1. The summed E-state index contributed by atoms with van der Waals surface area (Å²) in [5.74, 6) is -0.104. The minimum Gasteiger partial charge on any atom is -0.214 e. The Kier molecular flexibility index (Phi) is 5.20. The minimum absolute atomic E-state index is 0.00397. The Bertz CT molecular complexity index is 651. The first-order valence-corrected chi connectivity index (χ1v) is 9.88. The van der Waals surface area contributed by atoms with Crippen molar-refractivity contribution in [3.05, 3.63) is 34.9 Å². The summed E-state index contributed by atoms with van der Waals surface area (Å²) in [5.41, 5.74) is 0.329. The summed E-state index contributed by atoms with van der Waals surface area (Å²) in [5, 5.41) is 9.62. The maximum Gasteiger partial charge on any atom is 0.213 e. The van der Waals surface area contributed by atoms with Crippen LogP contribution in [0.25, 0.3) is 0 Å². The largest absolute Gasteiger partial charge is 0.214 e. The molecule has 0 aliphatic heterocycles. The molecule has 1 aliphatic rings. The molecule has 1 saturated carbocycles. The predicted molar refractivity (Wildman–Crippen MR) is 86.8 cm³/mol. The van der Waals surface area contributed by atoms with Crippen LogP contribution in [0, 0.1) is 16.7 Å². The van der Waals surface area contributed by atoms with E-state index in [1.807, 2.05) is 24.5 Å². The summed E-state index contributed by atoms with van der Waals surface area (Å²) in [6.07, 6.45) is 3.27. The van der Waals surface area contributed by atoms with Crippen LogP contribution in [-0.4, -0.2) is 27.0 Å². The van der Waals surface area contributed by atoms with Gasteiger partial charge in [-0.3, -0.25) is 0 Å². The number of sulfonamides is 1. The lowest BCUT2D eigenvalue weighted by Gasteiger charge is -2.17. The molecule has 1 fully saturated rings. The molecule has 21 heavy (non-hydrogen) atoms. The van der Waals surface area contributed by atoms with E-state index in [1.165, 1.54) is 0 Å². The lowest BCUT2D eigenvalue weighted by molar-refractivity contribution is 0.569. The maximum atomic E-state index is 12.1. The van der Waals surface area contributed by atoms with E-state index in [4.69, 9.17) is 16.9 Å². The summed E-state index contributed by atoms with van der Waals surface area (Å²) in [7, 11) is -3.43. The predicted octanol–water partition coefficient (Wildman–Crippen LogP) is 2.97. The molecule has 0 amide bonds. The lowest BCUT2D eigenvalue weighted by Crippen LogP contribution is -2.32. The number of nitrogens with zero attached hydrogens (tertiary/aromatic N) is 1. The van der Waals surface area contributed by atoms with Crippen LogP contribution in [0.5, 0.6) is 0 Å². The van der Waals surface area contributed by atoms with Gasteiger partial charge in [-0.15, -0.1) is 0 Å². The Balaban J connectivity index is 1.98. The van der Waals surface area contributed by atoms with E-state index >= 15 is 0 Å². The molecule has 1 aromatic carbocycles. The van der Waals surface area contributed by atoms with Crippen molar-refractivity contribution in [2.75, 3.05) is 18.6 Å². The van der Waals surface area contributed by atoms with Crippen molar-refractivity contribution in [2.45, 2.75) is 18.1 Å². The second-order valence-electron chi connectivity index (χ2n) is 5.28. The zero-order valence-corrected chi connectivity index (χ0v) is 14.1. The molecule has 4 nitrogen and oxygen atoms in total. The zero-order chi connectivity index (χ0) is 15.5. The first-order chi connectivity index (χ1) is 9.90. The standard InChI is InChI=1S/C14H17ClN2O2S2/c1-20-13(11-3-2-4-12(15)7-11)8-17-21(18,19)10-14(9-16)5-6-14/h2-4,7,13,17H,5-6,8,10H2,1H3. The number of benzene rings is 1. The molecular weight excluding hydrogens is 328 g/mol. The molecule has 0 radical (unpaired) electrons. The van der Waals surface area contributed by atoms with Gasteiger partial charge in [0.15, 0.2) is 0 Å². The third-order valence-electron chi connectivity index (χ3n) is 3.55. The average molecular weight is 345 g/mol. The highest BCUT2D eigenvalue weighted by molar-refractivity contribution is 7.98. The number of hydrogen-bond donors (Lipinski definition) is 1. The van der Waals surface area contributed by atoms with E-state index in [0.29, 0.717) is 24.4 Å². The van der Waals surface area contributed by atoms with Gasteiger partial charge in [0, 0.05) is 16.8 Å². The Morgan fingerprint density at radius 3 is 2.76 bits per heavy atom. The molecule has 0 heterocycles. The molecule has 0 aromatic heterocycles. The maximum absolute atomic E-state index is 12.1. The molecule has 1 atom stereocenters. The van der Waals surface area contributed by atoms with Crippen LogP contribution in [0.1, 0.15) is 23.7 Å². The quantitative estimate of drug-likeness (QED) is 0.825. The summed E-state index contributed by atoms with van der Waals surface area (Å²) in [6, 6.07) is 9.52. The minimum atomic E-state index is -3.43. The summed E-state index contributed by atoms with van der Waals surface area (Å²) >= 11 is 7.53. The Morgan fingerprint density at radius 2 is 2.24 bits per heavy atom. The van der Waals surface area contributed by atoms with Gasteiger partial charge in [-0.1, -0.05) is 23.7 Å². The topological polar surface area (TPSA) is 70.0 Å². The highest BCUT2D eigenvalue weighted by Gasteiger charge is 2.46. The lowest BCUT2D eigenvalue weighted by atomic mass is 10.1. The smallest absolute Gasteiger partial charge is 0.213 e. The van der Waals surface area contributed by atoms with Gasteiger partial charge >= 0.3 is 0 Å². The molecule has 0 saturated heterocycles. The van der Waals surface area contributed by atoms with E-state index in [2.05, 4.69) is 10.8 Å². The molecule has 7 heteroatoms. The average Bonchev–Trinajstić information content (AvgIpc) is 3.19. The second kappa shape index (κ2) is 6.57. The van der Waals surface area contributed by atoms with Gasteiger partial charge in [-0.25, -0.2) is 13.1 Å². The first kappa shape index (κ1) is 16.6. The van der Waals surface area contributed by atoms with Crippen LogP contribution in [0.3, 0.4) is 0 Å². The van der Waals surface area contributed by atoms with Crippen molar-refractivity contribution in [1.82, 2.24) is 4.72 Å². The molecule has 0 bridgehead atoms. The summed E-state index contributed by atoms with van der Waals surface area (Å²) in [4.78, 5) is 0. The fraction of sp³-hybridized carbons (Fsp3) is 0.500. The summed E-state index contributed by atoms with van der Waals surface area (Å²) in [6.45, 7) is 0.297. The molecule has 0 spiro atoms. The highest BCUT2D eigenvalue weighted by atomic mass is 35.5. The van der Waals surface area contributed by atoms with Crippen LogP contribution in [0.15, 0.2) is 24.3 Å². The van der Waals surface area contributed by atoms with Crippen molar-refractivity contribution >= 4 is 33.4 Å². The van der Waals surface area contributed by atoms with Crippen molar-refractivity contribution < 1.29 is 8.42 Å². The Morgan fingerprint density at radius 1 is 1.52 bits per heavy atom. The monoisotopic (exact) mass is 344 g/mol. The van der Waals surface area contributed by atoms with Gasteiger partial charge in [0.1, 0.15) is 0 Å². The van der Waals surface area contributed by atoms with Gasteiger partial charge in [-0.2, -0.15) is 17.0 Å². The van der Waals surface area contributed by atoms with E-state index in [1.54, 1.807) is 17.8 Å². The molecule has 2 rings (SSSR count). The summed E-state index contributed by atoms with van der Waals surface area (Å²) < 4.78 is 26.7. The number of hydrogen-bond acceptors (Lipinski definition) is 4. The van der Waals surface area contributed by atoms with Crippen LogP contribution < -0.4 is 4.72 Å². The van der Waals surface area contributed by atoms with Crippen LogP contribution in [0.4, 0.5) is 0 Å². The fourth-order valence-electron chi connectivity index (χ4n) is 2.10. The van der Waals surface area contributed by atoms with Crippen LogP contribution in [0.2, 0.25) is 5.02 Å². The van der Waals surface area contributed by atoms with Crippen molar-refractivity contribution in [1.29, 1.82) is 5.26 Å². The normalized spacial score (nSPS) is 18.0. The van der Waals surface area contributed by atoms with Crippen molar-refractivity contribution in [3.63, 3.8) is 0 Å². The molecule has 114 valence electrons. The van der Waals surface area contributed by atoms with E-state index in [0.717, 1.165) is 5.56 Å². The number of nitriles is 1. The SMILES string of the molecule is CSC(CNS(=O)(=O)CC1(C#N)CC1)c1cccc(Cl)c1. The molecule has 1 aliphatic carbocycles.